The van der Waals surface area contributed by atoms with Crippen molar-refractivity contribution in [3.05, 3.63) is 5.82 Å². The number of nitrogens with zero attached hydrogens (tertiary/aromatic N) is 3. The molecule has 1 aliphatic heterocycles. The predicted molar refractivity (Wildman–Crippen MR) is 66.2 cm³/mol. The van der Waals surface area contributed by atoms with E-state index in [1.807, 2.05) is 4.90 Å². The Morgan fingerprint density at radius 1 is 1.47 bits per heavy atom. The van der Waals surface area contributed by atoms with Crippen molar-refractivity contribution in [1.82, 2.24) is 14.3 Å². The molecule has 1 aromatic heterocycles. The number of likely N-dealkylation sites (tertiary alicyclic amines) is 1. The van der Waals surface area contributed by atoms with Gasteiger partial charge in [-0.25, -0.2) is 4.98 Å². The van der Waals surface area contributed by atoms with Crippen LogP contribution in [0.1, 0.15) is 37.9 Å². The lowest BCUT2D eigenvalue weighted by Crippen LogP contribution is -2.29. The lowest BCUT2D eigenvalue weighted by molar-refractivity contribution is -0.127. The number of rotatable bonds is 3. The van der Waals surface area contributed by atoms with Gasteiger partial charge in [-0.3, -0.25) is 4.79 Å². The van der Waals surface area contributed by atoms with E-state index in [2.05, 4.69) is 14.7 Å². The lowest BCUT2D eigenvalue weighted by atomic mass is 10.3. The molecule has 0 unspecified atom stereocenters. The van der Waals surface area contributed by atoms with Crippen molar-refractivity contribution in [1.29, 1.82) is 0 Å². The second kappa shape index (κ2) is 4.25. The summed E-state index contributed by atoms with van der Waals surface area (Å²) in [5.41, 5.74) is 0. The van der Waals surface area contributed by atoms with Gasteiger partial charge in [0, 0.05) is 43.5 Å². The molecule has 92 valence electrons. The minimum atomic E-state index is 0.158. The highest BCUT2D eigenvalue weighted by Crippen LogP contribution is 2.39. The van der Waals surface area contributed by atoms with Gasteiger partial charge in [-0.05, 0) is 19.3 Å². The summed E-state index contributed by atoms with van der Waals surface area (Å²) >= 11 is 1.44. The summed E-state index contributed by atoms with van der Waals surface area (Å²) in [7, 11) is 0. The predicted octanol–water partition coefficient (Wildman–Crippen LogP) is 1.45. The molecule has 3 rings (SSSR count). The Morgan fingerprint density at radius 3 is 2.94 bits per heavy atom. The van der Waals surface area contributed by atoms with E-state index in [0.717, 1.165) is 30.5 Å². The first-order valence-electron chi connectivity index (χ1n) is 6.08. The Kier molecular flexibility index (Phi) is 2.74. The molecule has 1 saturated carbocycles. The molecule has 6 heteroatoms. The largest absolute Gasteiger partial charge is 0.356 e. The highest BCUT2D eigenvalue weighted by molar-refractivity contribution is 7.09. The van der Waals surface area contributed by atoms with Gasteiger partial charge in [0.05, 0.1) is 0 Å². The van der Waals surface area contributed by atoms with Gasteiger partial charge in [0.15, 0.2) is 0 Å². The number of hydrogen-bond donors (Lipinski definition) is 1. The van der Waals surface area contributed by atoms with Crippen LogP contribution in [0.15, 0.2) is 0 Å². The standard InChI is InChI=1S/C11H16N4OS/c1-7(16)15-5-4-9(6-15)12-11-13-10(14-17-11)8-2-3-8/h8-9H,2-6H2,1H3,(H,12,13,14)/t9-/m1/s1. The summed E-state index contributed by atoms with van der Waals surface area (Å²) in [6, 6.07) is 0.332. The van der Waals surface area contributed by atoms with Crippen LogP contribution in [-0.4, -0.2) is 39.3 Å². The summed E-state index contributed by atoms with van der Waals surface area (Å²) in [6.07, 6.45) is 3.47. The lowest BCUT2D eigenvalue weighted by Gasteiger charge is -2.14. The van der Waals surface area contributed by atoms with Gasteiger partial charge < -0.3 is 10.2 Å². The van der Waals surface area contributed by atoms with Crippen LogP contribution in [0.25, 0.3) is 0 Å². The Bertz CT molecular complexity index is 429. The first kappa shape index (κ1) is 11.0. The fourth-order valence-corrected chi connectivity index (χ4v) is 2.86. The second-order valence-electron chi connectivity index (χ2n) is 4.83. The molecule has 1 amide bonds. The monoisotopic (exact) mass is 252 g/mol. The number of carbonyl (C=O) groups excluding carboxylic acids is 1. The van der Waals surface area contributed by atoms with Crippen LogP contribution in [0, 0.1) is 0 Å². The average Bonchev–Trinajstić information content (AvgIpc) is 2.87. The summed E-state index contributed by atoms with van der Waals surface area (Å²) in [5, 5.41) is 4.28. The molecule has 2 heterocycles. The van der Waals surface area contributed by atoms with E-state index in [-0.39, 0.29) is 5.91 Å². The Hall–Kier alpha value is -1.17. The zero-order valence-corrected chi connectivity index (χ0v) is 10.7. The van der Waals surface area contributed by atoms with Crippen molar-refractivity contribution >= 4 is 22.6 Å². The molecule has 5 nitrogen and oxygen atoms in total. The van der Waals surface area contributed by atoms with Gasteiger partial charge in [-0.15, -0.1) is 0 Å². The van der Waals surface area contributed by atoms with Gasteiger partial charge in [0.25, 0.3) is 0 Å². The van der Waals surface area contributed by atoms with Crippen LogP contribution in [0.5, 0.6) is 0 Å². The summed E-state index contributed by atoms with van der Waals surface area (Å²) < 4.78 is 4.36. The van der Waals surface area contributed by atoms with Crippen LogP contribution in [0.3, 0.4) is 0 Å². The van der Waals surface area contributed by atoms with E-state index in [1.54, 1.807) is 6.92 Å². The zero-order chi connectivity index (χ0) is 11.8. The number of aromatic nitrogens is 2. The van der Waals surface area contributed by atoms with Crippen LogP contribution >= 0.6 is 11.5 Å². The average molecular weight is 252 g/mol. The SMILES string of the molecule is CC(=O)N1CC[C@@H](Nc2nc(C3CC3)ns2)C1. The zero-order valence-electron chi connectivity index (χ0n) is 9.85. The highest BCUT2D eigenvalue weighted by atomic mass is 32.1. The van der Waals surface area contributed by atoms with E-state index >= 15 is 0 Å². The molecule has 0 aromatic carbocycles. The quantitative estimate of drug-likeness (QED) is 0.884. The second-order valence-corrected chi connectivity index (χ2v) is 5.58. The molecule has 1 atom stereocenters. The minimum Gasteiger partial charge on any atom is -0.356 e. The van der Waals surface area contributed by atoms with E-state index in [0.29, 0.717) is 12.0 Å². The van der Waals surface area contributed by atoms with Gasteiger partial charge in [0.2, 0.25) is 11.0 Å². The molecule has 2 aliphatic rings. The smallest absolute Gasteiger partial charge is 0.219 e. The molecule has 1 N–H and O–H groups in total. The van der Waals surface area contributed by atoms with Crippen molar-refractivity contribution < 1.29 is 4.79 Å². The van der Waals surface area contributed by atoms with Crippen LogP contribution in [0.4, 0.5) is 5.13 Å². The van der Waals surface area contributed by atoms with Gasteiger partial charge in [-0.1, -0.05) is 0 Å². The molecule has 0 radical (unpaired) electrons. The van der Waals surface area contributed by atoms with E-state index < -0.39 is 0 Å². The van der Waals surface area contributed by atoms with Gasteiger partial charge in [-0.2, -0.15) is 4.37 Å². The third-order valence-corrected chi connectivity index (χ3v) is 4.01. The molecular formula is C11H16N4OS. The van der Waals surface area contributed by atoms with Crippen molar-refractivity contribution in [3.63, 3.8) is 0 Å². The summed E-state index contributed by atoms with van der Waals surface area (Å²) in [4.78, 5) is 17.6. The van der Waals surface area contributed by atoms with Crippen molar-refractivity contribution in [2.75, 3.05) is 18.4 Å². The molecule has 0 bridgehead atoms. The maximum Gasteiger partial charge on any atom is 0.219 e. The number of hydrogen-bond acceptors (Lipinski definition) is 5. The topological polar surface area (TPSA) is 58.1 Å². The van der Waals surface area contributed by atoms with Crippen LogP contribution in [0.2, 0.25) is 0 Å². The number of nitrogens with one attached hydrogen (secondary N) is 1. The van der Waals surface area contributed by atoms with E-state index in [4.69, 9.17) is 0 Å². The molecular weight excluding hydrogens is 236 g/mol. The minimum absolute atomic E-state index is 0.158. The summed E-state index contributed by atoms with van der Waals surface area (Å²) in [6.45, 7) is 3.26. The van der Waals surface area contributed by atoms with E-state index in [9.17, 15) is 4.79 Å². The van der Waals surface area contributed by atoms with Crippen molar-refractivity contribution in [2.45, 2.75) is 38.1 Å². The first-order chi connectivity index (χ1) is 8.22. The molecule has 2 fully saturated rings. The Morgan fingerprint density at radius 2 is 2.29 bits per heavy atom. The van der Waals surface area contributed by atoms with Crippen LogP contribution < -0.4 is 5.32 Å². The normalized spacial score (nSPS) is 24.1. The maximum atomic E-state index is 11.2. The number of amides is 1. The van der Waals surface area contributed by atoms with Crippen LogP contribution in [-0.2, 0) is 4.79 Å². The third kappa shape index (κ3) is 2.41. The first-order valence-corrected chi connectivity index (χ1v) is 6.85. The van der Waals surface area contributed by atoms with E-state index in [1.165, 1.54) is 24.4 Å². The maximum absolute atomic E-state index is 11.2. The highest BCUT2D eigenvalue weighted by Gasteiger charge is 2.29. The van der Waals surface area contributed by atoms with Crippen molar-refractivity contribution in [2.24, 2.45) is 0 Å². The molecule has 17 heavy (non-hydrogen) atoms. The number of anilines is 1. The molecule has 0 spiro atoms. The molecule has 1 saturated heterocycles. The summed E-state index contributed by atoms with van der Waals surface area (Å²) in [5.74, 6) is 1.77. The molecule has 1 aromatic rings. The molecule has 1 aliphatic carbocycles. The Labute approximate surface area is 104 Å². The Balaban J connectivity index is 1.57. The van der Waals surface area contributed by atoms with Gasteiger partial charge in [0.1, 0.15) is 5.82 Å². The fourth-order valence-electron chi connectivity index (χ4n) is 2.14. The van der Waals surface area contributed by atoms with Crippen molar-refractivity contribution in [3.8, 4) is 0 Å². The number of carbonyl (C=O) groups is 1. The fraction of sp³-hybridized carbons (Fsp3) is 0.727. The van der Waals surface area contributed by atoms with Gasteiger partial charge >= 0.3 is 0 Å². The third-order valence-electron chi connectivity index (χ3n) is 3.35.